The van der Waals surface area contributed by atoms with E-state index in [4.69, 9.17) is 5.73 Å². The number of nitrogens with zero attached hydrogens (tertiary/aromatic N) is 2. The van der Waals surface area contributed by atoms with Crippen LogP contribution in [0, 0.1) is 6.92 Å². The summed E-state index contributed by atoms with van der Waals surface area (Å²) < 4.78 is 0. The summed E-state index contributed by atoms with van der Waals surface area (Å²) in [6.07, 6.45) is 1.73. The van der Waals surface area contributed by atoms with Crippen molar-refractivity contribution in [2.45, 2.75) is 26.7 Å². The van der Waals surface area contributed by atoms with Crippen LogP contribution in [0.5, 0.6) is 0 Å². The summed E-state index contributed by atoms with van der Waals surface area (Å²) >= 11 is 1.61. The first-order valence-corrected chi connectivity index (χ1v) is 5.42. The third kappa shape index (κ3) is 1.35. The molecule has 14 heavy (non-hydrogen) atoms. The number of nitrogens with two attached hydrogens (primary N) is 1. The number of nitrogen functional groups attached to an aromatic ring is 1. The maximum atomic E-state index is 5.90. The molecule has 0 aromatic carbocycles. The van der Waals surface area contributed by atoms with Gasteiger partial charge >= 0.3 is 0 Å². The van der Waals surface area contributed by atoms with Gasteiger partial charge in [0.15, 0.2) is 0 Å². The van der Waals surface area contributed by atoms with Gasteiger partial charge in [-0.3, -0.25) is 0 Å². The summed E-state index contributed by atoms with van der Waals surface area (Å²) in [4.78, 5) is 9.73. The minimum absolute atomic E-state index is 0.391. The van der Waals surface area contributed by atoms with Gasteiger partial charge in [-0.05, 0) is 12.8 Å². The van der Waals surface area contributed by atoms with E-state index in [9.17, 15) is 0 Å². The van der Waals surface area contributed by atoms with E-state index in [0.29, 0.717) is 5.92 Å². The summed E-state index contributed by atoms with van der Waals surface area (Å²) in [6, 6.07) is 0. The summed E-state index contributed by atoms with van der Waals surface area (Å²) in [7, 11) is 0. The van der Waals surface area contributed by atoms with Crippen molar-refractivity contribution < 1.29 is 0 Å². The molecule has 0 aliphatic carbocycles. The van der Waals surface area contributed by atoms with Gasteiger partial charge in [-0.15, -0.1) is 0 Å². The number of rotatable bonds is 1. The van der Waals surface area contributed by atoms with Crippen molar-refractivity contribution >= 4 is 27.4 Å². The molecule has 0 saturated heterocycles. The average Bonchev–Trinajstić information content (AvgIpc) is 2.43. The van der Waals surface area contributed by atoms with E-state index in [2.05, 4.69) is 23.8 Å². The molecule has 0 saturated carbocycles. The Kier molecular flexibility index (Phi) is 2.15. The Morgan fingerprint density at radius 1 is 1.43 bits per heavy atom. The Morgan fingerprint density at radius 3 is 2.79 bits per heavy atom. The third-order valence-electron chi connectivity index (χ3n) is 2.18. The van der Waals surface area contributed by atoms with E-state index in [1.54, 1.807) is 17.5 Å². The number of anilines is 1. The number of pyridine rings is 1. The second-order valence-electron chi connectivity index (χ2n) is 3.67. The Morgan fingerprint density at radius 2 is 2.14 bits per heavy atom. The molecule has 0 unspecified atom stereocenters. The monoisotopic (exact) mass is 207 g/mol. The Bertz CT molecular complexity index is 473. The zero-order valence-corrected chi connectivity index (χ0v) is 9.35. The van der Waals surface area contributed by atoms with Gasteiger partial charge in [0.25, 0.3) is 0 Å². The van der Waals surface area contributed by atoms with E-state index in [0.717, 1.165) is 26.6 Å². The molecule has 0 bridgehead atoms. The van der Waals surface area contributed by atoms with Gasteiger partial charge in [-0.1, -0.05) is 25.2 Å². The Balaban J connectivity index is 2.82. The number of hydrogen-bond donors (Lipinski definition) is 1. The van der Waals surface area contributed by atoms with Crippen LogP contribution >= 0.6 is 11.3 Å². The standard InChI is InChI=1S/C10H13N3S/c1-5(2)8-7(11)4-12-10-9(8)13-6(3)14-10/h4-5H,11H2,1-3H3. The predicted octanol–water partition coefficient (Wildman–Crippen LogP) is 2.71. The molecule has 2 aromatic rings. The van der Waals surface area contributed by atoms with Gasteiger partial charge in [0.2, 0.25) is 0 Å². The molecule has 74 valence electrons. The normalized spacial score (nSPS) is 11.4. The van der Waals surface area contributed by atoms with Crippen LogP contribution < -0.4 is 5.73 Å². The van der Waals surface area contributed by atoms with Crippen LogP contribution in [0.4, 0.5) is 5.69 Å². The Labute approximate surface area is 87.0 Å². The summed E-state index contributed by atoms with van der Waals surface area (Å²) in [6.45, 7) is 6.24. The maximum absolute atomic E-state index is 5.90. The zero-order chi connectivity index (χ0) is 10.3. The molecular formula is C10H13N3S. The number of aromatic nitrogens is 2. The van der Waals surface area contributed by atoms with Crippen LogP contribution in [0.25, 0.3) is 10.3 Å². The average molecular weight is 207 g/mol. The van der Waals surface area contributed by atoms with Crippen molar-refractivity contribution in [1.82, 2.24) is 9.97 Å². The molecule has 0 atom stereocenters. The summed E-state index contributed by atoms with van der Waals surface area (Å²) in [5.41, 5.74) is 8.75. The number of aryl methyl sites for hydroxylation is 1. The van der Waals surface area contributed by atoms with E-state index in [1.165, 1.54) is 0 Å². The number of hydrogen-bond acceptors (Lipinski definition) is 4. The molecule has 2 heterocycles. The van der Waals surface area contributed by atoms with Crippen molar-refractivity contribution in [2.75, 3.05) is 5.73 Å². The van der Waals surface area contributed by atoms with Crippen LogP contribution in [-0.4, -0.2) is 9.97 Å². The quantitative estimate of drug-likeness (QED) is 0.782. The number of fused-ring (bicyclic) bond motifs is 1. The van der Waals surface area contributed by atoms with Crippen molar-refractivity contribution in [2.24, 2.45) is 0 Å². The van der Waals surface area contributed by atoms with Crippen molar-refractivity contribution in [3.63, 3.8) is 0 Å². The molecule has 2 aromatic heterocycles. The summed E-state index contributed by atoms with van der Waals surface area (Å²) in [5, 5.41) is 1.04. The van der Waals surface area contributed by atoms with Gasteiger partial charge in [-0.25, -0.2) is 9.97 Å². The lowest BCUT2D eigenvalue weighted by Gasteiger charge is -2.08. The second kappa shape index (κ2) is 3.20. The fourth-order valence-corrected chi connectivity index (χ4v) is 2.39. The van der Waals surface area contributed by atoms with Crippen LogP contribution in [-0.2, 0) is 0 Å². The fraction of sp³-hybridized carbons (Fsp3) is 0.400. The highest BCUT2D eigenvalue weighted by Crippen LogP contribution is 2.31. The molecule has 0 radical (unpaired) electrons. The van der Waals surface area contributed by atoms with Gasteiger partial charge in [-0.2, -0.15) is 0 Å². The summed E-state index contributed by atoms with van der Waals surface area (Å²) in [5.74, 6) is 0.391. The Hall–Kier alpha value is -1.16. The first kappa shape index (κ1) is 9.40. The molecule has 4 heteroatoms. The lowest BCUT2D eigenvalue weighted by molar-refractivity contribution is 0.874. The van der Waals surface area contributed by atoms with Gasteiger partial charge < -0.3 is 5.73 Å². The first-order chi connectivity index (χ1) is 6.59. The lowest BCUT2D eigenvalue weighted by Crippen LogP contribution is -1.98. The fourth-order valence-electron chi connectivity index (χ4n) is 1.62. The minimum atomic E-state index is 0.391. The van der Waals surface area contributed by atoms with Crippen LogP contribution in [0.3, 0.4) is 0 Å². The van der Waals surface area contributed by atoms with Crippen LogP contribution in [0.1, 0.15) is 30.3 Å². The highest BCUT2D eigenvalue weighted by Gasteiger charge is 2.13. The topological polar surface area (TPSA) is 51.8 Å². The van der Waals surface area contributed by atoms with E-state index in [-0.39, 0.29) is 0 Å². The molecule has 0 aliphatic rings. The van der Waals surface area contributed by atoms with E-state index >= 15 is 0 Å². The number of thiazole rings is 1. The molecule has 2 rings (SSSR count). The van der Waals surface area contributed by atoms with Crippen molar-refractivity contribution in [3.8, 4) is 0 Å². The van der Waals surface area contributed by atoms with E-state index < -0.39 is 0 Å². The predicted molar refractivity (Wildman–Crippen MR) is 60.7 cm³/mol. The maximum Gasteiger partial charge on any atom is 0.143 e. The zero-order valence-electron chi connectivity index (χ0n) is 8.53. The van der Waals surface area contributed by atoms with Crippen LogP contribution in [0.15, 0.2) is 6.20 Å². The smallest absolute Gasteiger partial charge is 0.143 e. The third-order valence-corrected chi connectivity index (χ3v) is 3.06. The molecule has 2 N–H and O–H groups in total. The molecule has 0 aliphatic heterocycles. The van der Waals surface area contributed by atoms with Crippen LogP contribution in [0.2, 0.25) is 0 Å². The van der Waals surface area contributed by atoms with Crippen molar-refractivity contribution in [1.29, 1.82) is 0 Å². The first-order valence-electron chi connectivity index (χ1n) is 4.61. The lowest BCUT2D eigenvalue weighted by atomic mass is 10.0. The van der Waals surface area contributed by atoms with Gasteiger partial charge in [0.1, 0.15) is 10.3 Å². The minimum Gasteiger partial charge on any atom is -0.397 e. The molecule has 0 fully saturated rings. The molecule has 3 nitrogen and oxygen atoms in total. The highest BCUT2D eigenvalue weighted by molar-refractivity contribution is 7.18. The highest BCUT2D eigenvalue weighted by atomic mass is 32.1. The van der Waals surface area contributed by atoms with E-state index in [1.807, 2.05) is 6.92 Å². The van der Waals surface area contributed by atoms with Gasteiger partial charge in [0, 0.05) is 5.56 Å². The molecule has 0 spiro atoms. The van der Waals surface area contributed by atoms with Crippen molar-refractivity contribution in [3.05, 3.63) is 16.8 Å². The van der Waals surface area contributed by atoms with Gasteiger partial charge in [0.05, 0.1) is 16.9 Å². The second-order valence-corrected chi connectivity index (χ2v) is 4.85. The SMILES string of the molecule is Cc1nc2c(C(C)C)c(N)cnc2s1. The largest absolute Gasteiger partial charge is 0.397 e. The molecule has 0 amide bonds. The molecular weight excluding hydrogens is 194 g/mol.